The third kappa shape index (κ3) is 5.36. The number of nitrogens with one attached hydrogen (secondary N) is 1. The number of hydrazine groups is 1. The summed E-state index contributed by atoms with van der Waals surface area (Å²) in [6.07, 6.45) is 4.17. The first-order chi connectivity index (χ1) is 17.5. The predicted octanol–water partition coefficient (Wildman–Crippen LogP) is 1.80. The highest BCUT2D eigenvalue weighted by Crippen LogP contribution is 2.41. The summed E-state index contributed by atoms with van der Waals surface area (Å²) in [6, 6.07) is 5.19. The highest BCUT2D eigenvalue weighted by atomic mass is 32.2. The van der Waals surface area contributed by atoms with E-state index in [0.717, 1.165) is 10.7 Å². The highest BCUT2D eigenvalue weighted by Gasteiger charge is 2.44. The molecule has 1 fully saturated rings. The van der Waals surface area contributed by atoms with E-state index in [2.05, 4.69) is 19.9 Å². The number of methoxy groups -OCH3 is 2. The van der Waals surface area contributed by atoms with Gasteiger partial charge in [-0.1, -0.05) is 13.0 Å². The van der Waals surface area contributed by atoms with Gasteiger partial charge in [0.25, 0.3) is 0 Å². The molecule has 0 bridgehead atoms. The molecule has 3 atom stereocenters. The monoisotopic (exact) mass is 552 g/mol. The van der Waals surface area contributed by atoms with Crippen molar-refractivity contribution in [2.45, 2.75) is 50.0 Å². The fraction of sp³-hybridized carbons (Fsp3) is 0.522. The minimum atomic E-state index is -3.96. The Labute approximate surface area is 217 Å². The molecule has 1 aromatic carbocycles. The lowest BCUT2D eigenvalue weighted by Gasteiger charge is -2.27. The van der Waals surface area contributed by atoms with Crippen LogP contribution < -0.4 is 19.2 Å². The summed E-state index contributed by atoms with van der Waals surface area (Å²) in [5.41, 5.74) is 1.33. The minimum absolute atomic E-state index is 0.0460. The van der Waals surface area contributed by atoms with Crippen LogP contribution in [0.1, 0.15) is 44.0 Å². The Morgan fingerprint density at radius 3 is 2.27 bits per heavy atom. The number of sulfone groups is 1. The van der Waals surface area contributed by atoms with Crippen LogP contribution in [0.4, 0.5) is 5.69 Å². The van der Waals surface area contributed by atoms with Crippen molar-refractivity contribution in [2.24, 2.45) is 5.10 Å². The van der Waals surface area contributed by atoms with Crippen LogP contribution in [0, 0.1) is 6.92 Å². The van der Waals surface area contributed by atoms with E-state index in [1.807, 2.05) is 6.92 Å². The second-order valence-electron chi connectivity index (χ2n) is 9.18. The van der Waals surface area contributed by atoms with Crippen LogP contribution in [0.2, 0.25) is 0 Å². The van der Waals surface area contributed by atoms with E-state index >= 15 is 0 Å². The molecule has 2 aromatic rings. The molecule has 1 saturated heterocycles. The molecular weight excluding hydrogens is 520 g/mol. The second kappa shape index (κ2) is 10.4. The fourth-order valence-electron chi connectivity index (χ4n) is 4.41. The number of amidine groups is 1. The van der Waals surface area contributed by atoms with Crippen LogP contribution in [0.5, 0.6) is 11.5 Å². The Balaban J connectivity index is 1.67. The third-order valence-corrected chi connectivity index (χ3v) is 10.7. The van der Waals surface area contributed by atoms with Gasteiger partial charge in [0.1, 0.15) is 34.9 Å². The van der Waals surface area contributed by atoms with E-state index in [1.54, 1.807) is 49.3 Å². The number of benzene rings is 1. The van der Waals surface area contributed by atoms with Crippen molar-refractivity contribution < 1.29 is 26.3 Å². The molecule has 14 heteroatoms. The zero-order chi connectivity index (χ0) is 27.0. The van der Waals surface area contributed by atoms with E-state index in [9.17, 15) is 16.8 Å². The number of sulfonamides is 1. The molecular formula is C23H32N6O6S2. The second-order valence-corrected chi connectivity index (χ2v) is 13.5. The van der Waals surface area contributed by atoms with E-state index < -0.39 is 36.3 Å². The van der Waals surface area contributed by atoms with E-state index in [-0.39, 0.29) is 18.3 Å². The molecule has 0 amide bonds. The van der Waals surface area contributed by atoms with Gasteiger partial charge in [-0.3, -0.25) is 4.90 Å². The van der Waals surface area contributed by atoms with Gasteiger partial charge in [-0.15, -0.1) is 9.93 Å². The van der Waals surface area contributed by atoms with Crippen LogP contribution in [-0.4, -0.2) is 74.9 Å². The molecule has 37 heavy (non-hydrogen) atoms. The lowest BCUT2D eigenvalue weighted by atomic mass is 10.1. The number of ether oxygens (including phenoxy) is 2. The van der Waals surface area contributed by atoms with E-state index in [0.29, 0.717) is 35.9 Å². The Bertz CT molecular complexity index is 1360. The Hall–Kier alpha value is -2.97. The van der Waals surface area contributed by atoms with Crippen LogP contribution in [-0.2, 0) is 19.9 Å². The average molecular weight is 553 g/mol. The van der Waals surface area contributed by atoms with Crippen molar-refractivity contribution >= 4 is 31.4 Å². The maximum atomic E-state index is 13.3. The first kappa shape index (κ1) is 27.1. The molecule has 0 spiro atoms. The number of aryl methyl sites for hydroxylation is 1. The fourth-order valence-corrected chi connectivity index (χ4v) is 7.51. The van der Waals surface area contributed by atoms with Gasteiger partial charge in [-0.25, -0.2) is 26.8 Å². The van der Waals surface area contributed by atoms with Crippen LogP contribution in [0.15, 0.2) is 35.7 Å². The number of hydrogen-bond donors (Lipinski definition) is 1. The molecule has 0 saturated carbocycles. The van der Waals surface area contributed by atoms with Gasteiger partial charge >= 0.3 is 0 Å². The molecule has 202 valence electrons. The summed E-state index contributed by atoms with van der Waals surface area (Å²) in [5.74, 6) is 1.03. The molecule has 1 aromatic heterocycles. The average Bonchev–Trinajstić information content (AvgIpc) is 3.43. The maximum absolute atomic E-state index is 13.3. The first-order valence-corrected chi connectivity index (χ1v) is 15.1. The molecule has 4 rings (SSSR count). The van der Waals surface area contributed by atoms with E-state index in [4.69, 9.17) is 9.47 Å². The molecule has 2 aliphatic rings. The van der Waals surface area contributed by atoms with Crippen LogP contribution in [0.3, 0.4) is 0 Å². The largest absolute Gasteiger partial charge is 0.494 e. The van der Waals surface area contributed by atoms with Crippen molar-refractivity contribution in [1.29, 1.82) is 0 Å². The van der Waals surface area contributed by atoms with Crippen molar-refractivity contribution in [2.75, 3.05) is 31.5 Å². The van der Waals surface area contributed by atoms with Crippen molar-refractivity contribution in [1.82, 2.24) is 19.9 Å². The highest BCUT2D eigenvalue weighted by molar-refractivity contribution is 7.93. The summed E-state index contributed by atoms with van der Waals surface area (Å²) in [6.45, 7) is 5.08. The molecule has 0 radical (unpaired) electrons. The lowest BCUT2D eigenvalue weighted by molar-refractivity contribution is 0.277. The normalized spacial score (nSPS) is 21.0. The number of nitrogens with zero attached hydrogens (tertiary/aromatic N) is 5. The smallest absolute Gasteiger partial charge is 0.233 e. The van der Waals surface area contributed by atoms with Crippen LogP contribution in [0.25, 0.3) is 0 Å². The number of anilines is 1. The zero-order valence-electron chi connectivity index (χ0n) is 21.4. The zero-order valence-corrected chi connectivity index (χ0v) is 23.1. The van der Waals surface area contributed by atoms with Crippen molar-refractivity contribution in [3.63, 3.8) is 0 Å². The lowest BCUT2D eigenvalue weighted by Crippen LogP contribution is -2.46. The third-order valence-electron chi connectivity index (χ3n) is 6.70. The van der Waals surface area contributed by atoms with Gasteiger partial charge in [-0.2, -0.15) is 5.12 Å². The number of rotatable bonds is 9. The topological polar surface area (TPSA) is 143 Å². The summed E-state index contributed by atoms with van der Waals surface area (Å²) in [4.78, 5) is 12.7. The summed E-state index contributed by atoms with van der Waals surface area (Å²) >= 11 is 0. The van der Waals surface area contributed by atoms with Gasteiger partial charge in [0.2, 0.25) is 10.0 Å². The minimum Gasteiger partial charge on any atom is -0.494 e. The number of hydrogen-bond acceptors (Lipinski definition) is 11. The van der Waals surface area contributed by atoms with Crippen molar-refractivity contribution in [3.8, 4) is 11.5 Å². The van der Waals surface area contributed by atoms with Gasteiger partial charge in [0.15, 0.2) is 15.7 Å². The predicted molar refractivity (Wildman–Crippen MR) is 140 cm³/mol. The summed E-state index contributed by atoms with van der Waals surface area (Å²) in [7, 11) is -4.44. The quantitative estimate of drug-likeness (QED) is 0.489. The van der Waals surface area contributed by atoms with Gasteiger partial charge in [-0.05, 0) is 44.4 Å². The van der Waals surface area contributed by atoms with Gasteiger partial charge < -0.3 is 9.47 Å². The SMILES string of the molecule is COc1cccc(OC)c1N1CN(NS(=O)(=O)[C@@H](C)[C@H](C)c2ncc(C)cn2)N=C1[C@@H]1CCCS1(=O)=O. The summed E-state index contributed by atoms with van der Waals surface area (Å²) in [5, 5.41) is 3.81. The van der Waals surface area contributed by atoms with Gasteiger partial charge in [0.05, 0.1) is 25.2 Å². The number of hydrazone groups is 1. The Kier molecular flexibility index (Phi) is 7.62. The number of aromatic nitrogens is 2. The van der Waals surface area contributed by atoms with E-state index in [1.165, 1.54) is 14.2 Å². The molecule has 1 N–H and O–H groups in total. The van der Waals surface area contributed by atoms with Gasteiger partial charge in [0, 0.05) is 18.3 Å². The Morgan fingerprint density at radius 1 is 1.11 bits per heavy atom. The standard InChI is InChI=1S/C23H32N6O6S2/c1-15-12-24-22(25-13-15)16(2)17(3)37(32,33)27-29-14-28(21-18(34-4)8-6-9-19(21)35-5)23(26-29)20-10-7-11-36(20,30)31/h6,8-9,12-13,16-17,20,27H,7,10-11,14H2,1-5H3/t16-,17-,20-/m0/s1. The molecule has 0 aliphatic carbocycles. The maximum Gasteiger partial charge on any atom is 0.233 e. The first-order valence-electron chi connectivity index (χ1n) is 11.8. The molecule has 3 heterocycles. The summed E-state index contributed by atoms with van der Waals surface area (Å²) < 4.78 is 63.5. The molecule has 0 unspecified atom stereocenters. The molecule has 12 nitrogen and oxygen atoms in total. The molecule has 2 aliphatic heterocycles. The Morgan fingerprint density at radius 2 is 1.73 bits per heavy atom. The van der Waals surface area contributed by atoms with Crippen molar-refractivity contribution in [3.05, 3.63) is 42.0 Å². The van der Waals surface area contributed by atoms with Crippen LogP contribution >= 0.6 is 0 Å². The number of para-hydroxylation sites is 1.